The van der Waals surface area contributed by atoms with Crippen LogP contribution >= 0.6 is 0 Å². The molecule has 2 fully saturated rings. The van der Waals surface area contributed by atoms with Crippen molar-refractivity contribution >= 4 is 11.9 Å². The fraction of sp³-hybridized carbons (Fsp3) is 0.500. The van der Waals surface area contributed by atoms with Crippen molar-refractivity contribution in [2.75, 3.05) is 13.1 Å². The van der Waals surface area contributed by atoms with Crippen LogP contribution in [0.4, 0.5) is 17.6 Å². The second-order valence-electron chi connectivity index (χ2n) is 10.4. The number of rotatable bonds is 5. The number of amides is 1. The number of nitrogens with one attached hydrogen (secondary N) is 1. The average Bonchev–Trinajstić information content (AvgIpc) is 3.12. The number of hydrogen-bond acceptors (Lipinski definition) is 3. The molecule has 9 heteroatoms. The van der Waals surface area contributed by atoms with E-state index in [0.717, 1.165) is 51.7 Å². The van der Waals surface area contributed by atoms with Gasteiger partial charge in [-0.15, -0.1) is 0 Å². The normalized spacial score (nSPS) is 20.9. The number of nitrogens with zero attached hydrogens (tertiary/aromatic N) is 1. The molecule has 2 aromatic carbocycles. The van der Waals surface area contributed by atoms with Crippen LogP contribution in [-0.2, 0) is 21.5 Å². The van der Waals surface area contributed by atoms with Gasteiger partial charge in [0.2, 0.25) is 5.91 Å². The molecule has 1 amide bonds. The molecule has 1 spiro atoms. The maximum Gasteiger partial charge on any atom is 0.490 e. The molecule has 1 heterocycles. The Morgan fingerprint density at radius 3 is 2.22 bits per heavy atom. The first kappa shape index (κ1) is 27.1. The number of carboxylic acids is 1. The minimum absolute atomic E-state index is 0.175. The first-order valence-electron chi connectivity index (χ1n) is 12.7. The fourth-order valence-electron chi connectivity index (χ4n) is 5.73. The third-order valence-electron chi connectivity index (χ3n) is 7.89. The number of carboxylic acid groups (broad SMARTS) is 1. The van der Waals surface area contributed by atoms with Crippen molar-refractivity contribution in [3.05, 3.63) is 71.0 Å². The van der Waals surface area contributed by atoms with E-state index in [1.54, 1.807) is 12.1 Å². The lowest BCUT2D eigenvalue weighted by atomic mass is 9.73. The van der Waals surface area contributed by atoms with Crippen molar-refractivity contribution in [3.8, 4) is 0 Å². The SMILES string of the molecule is O=C(CC1CC2(CCN(Cc3ccc(F)cc3)CC2)c2ccccc21)NC1CCC1.O=C(O)C(F)(F)F. The molecule has 1 saturated carbocycles. The lowest BCUT2D eigenvalue weighted by molar-refractivity contribution is -0.192. The minimum Gasteiger partial charge on any atom is -0.475 e. The zero-order valence-electron chi connectivity index (χ0n) is 20.6. The van der Waals surface area contributed by atoms with Crippen LogP contribution in [0.5, 0.6) is 0 Å². The van der Waals surface area contributed by atoms with Gasteiger partial charge in [0.05, 0.1) is 0 Å². The Hall–Kier alpha value is -2.94. The molecule has 5 rings (SSSR count). The molecule has 1 unspecified atom stereocenters. The summed E-state index contributed by atoms with van der Waals surface area (Å²) in [6, 6.07) is 16.1. The van der Waals surface area contributed by atoms with Crippen LogP contribution in [0.2, 0.25) is 0 Å². The fourth-order valence-corrected chi connectivity index (χ4v) is 5.73. The van der Waals surface area contributed by atoms with Gasteiger partial charge in [-0.3, -0.25) is 9.69 Å². The topological polar surface area (TPSA) is 69.6 Å². The predicted octanol–water partition coefficient (Wildman–Crippen LogP) is 5.54. The van der Waals surface area contributed by atoms with Crippen molar-refractivity contribution in [2.24, 2.45) is 0 Å². The van der Waals surface area contributed by atoms with Gasteiger partial charge in [-0.1, -0.05) is 36.4 Å². The van der Waals surface area contributed by atoms with Crippen molar-refractivity contribution < 1.29 is 32.3 Å². The summed E-state index contributed by atoms with van der Waals surface area (Å²) in [5.41, 5.74) is 4.25. The monoisotopic (exact) mass is 520 g/mol. The zero-order valence-corrected chi connectivity index (χ0v) is 20.6. The predicted molar refractivity (Wildman–Crippen MR) is 130 cm³/mol. The smallest absolute Gasteiger partial charge is 0.475 e. The zero-order chi connectivity index (χ0) is 26.6. The molecule has 2 aliphatic carbocycles. The van der Waals surface area contributed by atoms with E-state index in [0.29, 0.717) is 18.4 Å². The molecule has 200 valence electrons. The summed E-state index contributed by atoms with van der Waals surface area (Å²) in [4.78, 5) is 24.0. The molecule has 5 nitrogen and oxygen atoms in total. The Balaban J connectivity index is 0.000000405. The number of halogens is 4. The molecular weight excluding hydrogens is 488 g/mol. The van der Waals surface area contributed by atoms with Gasteiger partial charge < -0.3 is 10.4 Å². The highest BCUT2D eigenvalue weighted by Crippen LogP contribution is 2.52. The number of benzene rings is 2. The molecule has 2 N–H and O–H groups in total. The van der Waals surface area contributed by atoms with Gasteiger partial charge in [-0.05, 0) is 91.8 Å². The summed E-state index contributed by atoms with van der Waals surface area (Å²) >= 11 is 0. The maximum atomic E-state index is 13.2. The van der Waals surface area contributed by atoms with Gasteiger partial charge in [0, 0.05) is 19.0 Å². The molecule has 1 atom stereocenters. The molecule has 0 aromatic heterocycles. The van der Waals surface area contributed by atoms with E-state index < -0.39 is 12.1 Å². The van der Waals surface area contributed by atoms with Crippen molar-refractivity contribution in [3.63, 3.8) is 0 Å². The number of piperidine rings is 1. The van der Waals surface area contributed by atoms with E-state index in [2.05, 4.69) is 34.5 Å². The Kier molecular flexibility index (Phi) is 8.21. The van der Waals surface area contributed by atoms with Gasteiger partial charge >= 0.3 is 12.1 Å². The molecule has 1 aliphatic heterocycles. The second kappa shape index (κ2) is 11.2. The van der Waals surface area contributed by atoms with Crippen LogP contribution in [-0.4, -0.2) is 47.2 Å². The Bertz CT molecular complexity index is 1090. The summed E-state index contributed by atoms with van der Waals surface area (Å²) in [6.07, 6.45) is 2.41. The van der Waals surface area contributed by atoms with Crippen molar-refractivity contribution in [1.82, 2.24) is 10.2 Å². The lowest BCUT2D eigenvalue weighted by Crippen LogP contribution is -2.41. The highest BCUT2D eigenvalue weighted by atomic mass is 19.4. The average molecular weight is 521 g/mol. The Morgan fingerprint density at radius 2 is 1.65 bits per heavy atom. The van der Waals surface area contributed by atoms with E-state index in [1.165, 1.54) is 23.1 Å². The summed E-state index contributed by atoms with van der Waals surface area (Å²) in [7, 11) is 0. The number of fused-ring (bicyclic) bond motifs is 2. The van der Waals surface area contributed by atoms with E-state index in [4.69, 9.17) is 9.90 Å². The quantitative estimate of drug-likeness (QED) is 0.508. The third kappa shape index (κ3) is 6.69. The summed E-state index contributed by atoms with van der Waals surface area (Å²) in [5.74, 6) is -2.37. The standard InChI is InChI=1S/C26H31FN2O.C2HF3O2/c27-21-10-8-19(9-11-21)18-29-14-12-26(13-15-29)17-20(23-6-1-2-7-24(23)26)16-25(30)28-22-4-3-5-22;3-2(4,5)1(6)7/h1-2,6-11,20,22H,3-5,12-18H2,(H,28,30);(H,6,7). The van der Waals surface area contributed by atoms with Gasteiger partial charge in [0.1, 0.15) is 5.82 Å². The maximum absolute atomic E-state index is 13.2. The number of carbonyl (C=O) groups excluding carboxylic acids is 1. The third-order valence-corrected chi connectivity index (χ3v) is 7.89. The summed E-state index contributed by atoms with van der Waals surface area (Å²) < 4.78 is 44.9. The van der Waals surface area contributed by atoms with Crippen molar-refractivity contribution in [2.45, 2.75) is 75.0 Å². The largest absolute Gasteiger partial charge is 0.490 e. The molecule has 37 heavy (non-hydrogen) atoms. The van der Waals surface area contributed by atoms with E-state index in [-0.39, 0.29) is 17.1 Å². The van der Waals surface area contributed by atoms with Crippen molar-refractivity contribution in [1.29, 1.82) is 0 Å². The first-order valence-corrected chi connectivity index (χ1v) is 12.7. The number of hydrogen-bond donors (Lipinski definition) is 2. The Morgan fingerprint density at radius 1 is 1.03 bits per heavy atom. The van der Waals surface area contributed by atoms with Gasteiger partial charge in [0.15, 0.2) is 0 Å². The Labute approximate surface area is 213 Å². The summed E-state index contributed by atoms with van der Waals surface area (Å²) in [6.45, 7) is 2.98. The highest BCUT2D eigenvalue weighted by molar-refractivity contribution is 5.77. The van der Waals surface area contributed by atoms with Crippen LogP contribution in [0.1, 0.15) is 67.6 Å². The molecule has 2 aromatic rings. The van der Waals surface area contributed by atoms with Crippen LogP contribution in [0, 0.1) is 5.82 Å². The van der Waals surface area contributed by atoms with E-state index in [1.807, 2.05) is 12.1 Å². The van der Waals surface area contributed by atoms with Gasteiger partial charge in [-0.2, -0.15) is 13.2 Å². The van der Waals surface area contributed by atoms with Crippen LogP contribution in [0.3, 0.4) is 0 Å². The second-order valence-corrected chi connectivity index (χ2v) is 10.4. The molecule has 3 aliphatic rings. The van der Waals surface area contributed by atoms with Gasteiger partial charge in [0.25, 0.3) is 0 Å². The summed E-state index contributed by atoms with van der Waals surface area (Å²) in [5, 5.41) is 10.4. The molecule has 0 bridgehead atoms. The van der Waals surface area contributed by atoms with Gasteiger partial charge in [-0.25, -0.2) is 9.18 Å². The minimum atomic E-state index is -5.08. The number of carbonyl (C=O) groups is 2. The lowest BCUT2D eigenvalue weighted by Gasteiger charge is -2.40. The van der Waals surface area contributed by atoms with Crippen LogP contribution in [0.25, 0.3) is 0 Å². The number of alkyl halides is 3. The first-order chi connectivity index (χ1) is 17.6. The van der Waals surface area contributed by atoms with E-state index >= 15 is 0 Å². The van der Waals surface area contributed by atoms with Crippen LogP contribution in [0.15, 0.2) is 48.5 Å². The molecule has 1 saturated heterocycles. The molecule has 0 radical (unpaired) electrons. The highest BCUT2D eigenvalue weighted by Gasteiger charge is 2.45. The number of aliphatic carboxylic acids is 1. The van der Waals surface area contributed by atoms with Crippen LogP contribution < -0.4 is 5.32 Å². The number of likely N-dealkylation sites (tertiary alicyclic amines) is 1. The van der Waals surface area contributed by atoms with E-state index in [9.17, 15) is 22.4 Å². The molecular formula is C28H32F4N2O3.